The first kappa shape index (κ1) is 15.9. The molecule has 130 valence electrons. The molecule has 0 spiro atoms. The standard InChI is InChI=1S/C17H12N4O5/c22-16-12-8-11(20(24)25)6-7-13(12)18-14-9-21(26,17(23)15(14)16)19-10-4-2-1-3-5-10/h1-8,19H,9H2,(H,18,22). The summed E-state index contributed by atoms with van der Waals surface area (Å²) in [5.74, 6) is -0.932. The van der Waals surface area contributed by atoms with Crippen molar-refractivity contribution in [1.82, 2.24) is 4.98 Å². The number of carbonyl (C=O) groups excluding carboxylic acids is 1. The Hall–Kier alpha value is -3.56. The van der Waals surface area contributed by atoms with Gasteiger partial charge < -0.3 is 10.2 Å². The maximum absolute atomic E-state index is 13.0. The third kappa shape index (κ3) is 2.34. The number of H-pyrrole nitrogens is 1. The zero-order chi connectivity index (χ0) is 18.5. The summed E-state index contributed by atoms with van der Waals surface area (Å²) in [4.78, 5) is 38.5. The topological polar surface area (TPSA) is 128 Å². The number of pyridine rings is 1. The van der Waals surface area contributed by atoms with Crippen LogP contribution in [0.1, 0.15) is 16.1 Å². The van der Waals surface area contributed by atoms with Gasteiger partial charge in [0.05, 0.1) is 27.2 Å². The molecule has 1 aliphatic heterocycles. The number of quaternary nitrogens is 1. The quantitative estimate of drug-likeness (QED) is 0.322. The number of hydroxylamine groups is 2. The van der Waals surface area contributed by atoms with Gasteiger partial charge in [0.25, 0.3) is 5.69 Å². The van der Waals surface area contributed by atoms with E-state index < -0.39 is 21.0 Å². The molecule has 9 heteroatoms. The molecule has 0 aliphatic carbocycles. The minimum Gasteiger partial charge on any atom is -0.598 e. The minimum absolute atomic E-state index is 0.000499. The van der Waals surface area contributed by atoms with Crippen LogP contribution in [0.5, 0.6) is 0 Å². The Kier molecular flexibility index (Phi) is 3.36. The second-order valence-electron chi connectivity index (χ2n) is 5.98. The van der Waals surface area contributed by atoms with Crippen LogP contribution in [0.15, 0.2) is 53.3 Å². The molecule has 0 radical (unpaired) electrons. The molecule has 2 N–H and O–H groups in total. The molecular weight excluding hydrogens is 340 g/mol. The van der Waals surface area contributed by atoms with Gasteiger partial charge in [0.15, 0.2) is 12.1 Å². The Morgan fingerprint density at radius 2 is 1.85 bits per heavy atom. The van der Waals surface area contributed by atoms with Crippen LogP contribution in [-0.4, -0.2) is 20.6 Å². The van der Waals surface area contributed by atoms with Crippen molar-refractivity contribution in [3.63, 3.8) is 0 Å². The largest absolute Gasteiger partial charge is 0.598 e. The number of nitrogens with zero attached hydrogens (tertiary/aromatic N) is 2. The first-order chi connectivity index (χ1) is 12.4. The third-order valence-corrected chi connectivity index (χ3v) is 4.28. The lowest BCUT2D eigenvalue weighted by molar-refractivity contribution is -0.784. The number of anilines is 1. The number of aromatic nitrogens is 1. The number of benzene rings is 2. The summed E-state index contributed by atoms with van der Waals surface area (Å²) < 4.78 is -1.44. The number of nitro groups is 1. The summed E-state index contributed by atoms with van der Waals surface area (Å²) in [6, 6.07) is 12.2. The molecule has 26 heavy (non-hydrogen) atoms. The van der Waals surface area contributed by atoms with E-state index in [4.69, 9.17) is 0 Å². The Balaban J connectivity index is 1.83. The Morgan fingerprint density at radius 1 is 1.12 bits per heavy atom. The van der Waals surface area contributed by atoms with Crippen LogP contribution in [0.4, 0.5) is 11.4 Å². The monoisotopic (exact) mass is 352 g/mol. The lowest BCUT2D eigenvalue weighted by Crippen LogP contribution is -2.47. The molecule has 0 bridgehead atoms. The van der Waals surface area contributed by atoms with E-state index in [-0.39, 0.29) is 28.9 Å². The van der Waals surface area contributed by atoms with Gasteiger partial charge in [-0.2, -0.15) is 4.76 Å². The molecule has 1 amide bonds. The van der Waals surface area contributed by atoms with Crippen LogP contribution in [-0.2, 0) is 6.54 Å². The van der Waals surface area contributed by atoms with Gasteiger partial charge in [0.1, 0.15) is 0 Å². The SMILES string of the molecule is O=C1c2c([nH]c3ccc([N+](=O)[O-])cc3c2=O)C[N+]1([O-])Nc1ccccc1. The molecule has 4 rings (SSSR count). The van der Waals surface area contributed by atoms with Crippen LogP contribution >= 0.6 is 0 Å². The highest BCUT2D eigenvalue weighted by molar-refractivity contribution is 5.97. The molecule has 1 aliphatic rings. The van der Waals surface area contributed by atoms with Gasteiger partial charge in [-0.15, -0.1) is 0 Å². The van der Waals surface area contributed by atoms with E-state index in [2.05, 4.69) is 10.4 Å². The first-order valence-corrected chi connectivity index (χ1v) is 7.70. The summed E-state index contributed by atoms with van der Waals surface area (Å²) in [7, 11) is 0. The highest BCUT2D eigenvalue weighted by Gasteiger charge is 2.43. The molecule has 0 fully saturated rings. The number of nitrogens with one attached hydrogen (secondary N) is 2. The highest BCUT2D eigenvalue weighted by Crippen LogP contribution is 2.29. The fraction of sp³-hybridized carbons (Fsp3) is 0.0588. The summed E-state index contributed by atoms with van der Waals surface area (Å²) in [5, 5.41) is 23.9. The minimum atomic E-state index is -1.44. The van der Waals surface area contributed by atoms with Crippen molar-refractivity contribution in [3.8, 4) is 0 Å². The lowest BCUT2D eigenvalue weighted by atomic mass is 10.1. The molecule has 9 nitrogen and oxygen atoms in total. The third-order valence-electron chi connectivity index (χ3n) is 4.28. The van der Waals surface area contributed by atoms with Gasteiger partial charge in [0, 0.05) is 12.1 Å². The fourth-order valence-electron chi connectivity index (χ4n) is 3.07. The van der Waals surface area contributed by atoms with E-state index in [1.807, 2.05) is 0 Å². The number of aromatic amines is 1. The molecule has 0 saturated carbocycles. The summed E-state index contributed by atoms with van der Waals surface area (Å²) >= 11 is 0. The zero-order valence-electron chi connectivity index (χ0n) is 13.3. The summed E-state index contributed by atoms with van der Waals surface area (Å²) in [5.41, 5.74) is 2.35. The van der Waals surface area contributed by atoms with Crippen molar-refractivity contribution in [1.29, 1.82) is 0 Å². The van der Waals surface area contributed by atoms with E-state index >= 15 is 0 Å². The summed E-state index contributed by atoms with van der Waals surface area (Å²) in [6.45, 7) is -0.286. The maximum Gasteiger partial charge on any atom is 0.376 e. The Morgan fingerprint density at radius 3 is 2.54 bits per heavy atom. The number of non-ortho nitro benzene ring substituents is 1. The van der Waals surface area contributed by atoms with E-state index in [0.717, 1.165) is 6.07 Å². The van der Waals surface area contributed by atoms with Gasteiger partial charge in [-0.05, 0) is 18.2 Å². The molecule has 2 heterocycles. The van der Waals surface area contributed by atoms with Crippen molar-refractivity contribution >= 4 is 28.2 Å². The fourth-order valence-corrected chi connectivity index (χ4v) is 3.07. The predicted molar refractivity (Wildman–Crippen MR) is 92.9 cm³/mol. The summed E-state index contributed by atoms with van der Waals surface area (Å²) in [6.07, 6.45) is 0. The van der Waals surface area contributed by atoms with Crippen LogP contribution in [0.2, 0.25) is 0 Å². The highest BCUT2D eigenvalue weighted by atomic mass is 16.6. The lowest BCUT2D eigenvalue weighted by Gasteiger charge is -2.34. The number of nitro benzene ring substituents is 1. The average Bonchev–Trinajstić information content (AvgIpc) is 2.86. The molecule has 3 aromatic rings. The Bertz CT molecular complexity index is 1130. The smallest absolute Gasteiger partial charge is 0.376 e. The van der Waals surface area contributed by atoms with Gasteiger partial charge in [-0.3, -0.25) is 14.9 Å². The van der Waals surface area contributed by atoms with Crippen molar-refractivity contribution in [2.24, 2.45) is 0 Å². The number of amides is 1. The molecular formula is C17H12N4O5. The normalized spacial score (nSPS) is 18.7. The number of hydrogen-bond donors (Lipinski definition) is 2. The van der Waals surface area contributed by atoms with Crippen molar-refractivity contribution in [3.05, 3.63) is 85.3 Å². The van der Waals surface area contributed by atoms with Gasteiger partial charge in [0.2, 0.25) is 5.43 Å². The zero-order valence-corrected chi connectivity index (χ0v) is 13.3. The second-order valence-corrected chi connectivity index (χ2v) is 5.98. The van der Waals surface area contributed by atoms with E-state index in [1.165, 1.54) is 12.1 Å². The first-order valence-electron chi connectivity index (χ1n) is 7.70. The number of fused-ring (bicyclic) bond motifs is 2. The van der Waals surface area contributed by atoms with Crippen LogP contribution in [0.25, 0.3) is 10.9 Å². The van der Waals surface area contributed by atoms with Crippen molar-refractivity contribution in [2.45, 2.75) is 6.54 Å². The van der Waals surface area contributed by atoms with Gasteiger partial charge in [-0.25, -0.2) is 10.2 Å². The molecule has 1 atom stereocenters. The van der Waals surface area contributed by atoms with Crippen LogP contribution < -0.4 is 10.9 Å². The maximum atomic E-state index is 13.0. The molecule has 1 unspecified atom stereocenters. The van der Waals surface area contributed by atoms with E-state index in [0.29, 0.717) is 11.2 Å². The number of carbonyl (C=O) groups is 1. The van der Waals surface area contributed by atoms with Crippen LogP contribution in [0, 0.1) is 15.3 Å². The van der Waals surface area contributed by atoms with Gasteiger partial charge >= 0.3 is 5.91 Å². The van der Waals surface area contributed by atoms with Crippen molar-refractivity contribution < 1.29 is 14.5 Å². The average molecular weight is 352 g/mol. The number of rotatable bonds is 3. The second kappa shape index (κ2) is 5.48. The van der Waals surface area contributed by atoms with E-state index in [1.54, 1.807) is 30.3 Å². The van der Waals surface area contributed by atoms with E-state index in [9.17, 15) is 24.9 Å². The molecule has 0 saturated heterocycles. The molecule has 2 aromatic carbocycles. The molecule has 1 aromatic heterocycles. The number of para-hydroxylation sites is 1. The van der Waals surface area contributed by atoms with Gasteiger partial charge in [-0.1, -0.05) is 18.2 Å². The van der Waals surface area contributed by atoms with Crippen LogP contribution in [0.3, 0.4) is 0 Å². The predicted octanol–water partition coefficient (Wildman–Crippen LogP) is 2.43. The number of hydrogen-bond acceptors (Lipinski definition) is 6. The Labute approximate surface area is 145 Å². The van der Waals surface area contributed by atoms with Crippen molar-refractivity contribution in [2.75, 3.05) is 5.43 Å².